The van der Waals surface area contributed by atoms with E-state index in [1.165, 1.54) is 12.4 Å². The van der Waals surface area contributed by atoms with Gasteiger partial charge in [0.25, 0.3) is 5.88 Å². The topological polar surface area (TPSA) is 61.0 Å². The molecule has 1 atom stereocenters. The number of anilines is 1. The highest BCUT2D eigenvalue weighted by Crippen LogP contribution is 2.21. The molecule has 1 unspecified atom stereocenters. The van der Waals surface area contributed by atoms with Crippen molar-refractivity contribution in [1.29, 1.82) is 0 Å². The number of rotatable bonds is 3. The Hall–Kier alpha value is -1.76. The predicted octanol–water partition coefficient (Wildman–Crippen LogP) is 1.24. The number of nitrogen functional groups attached to an aromatic ring is 1. The smallest absolute Gasteiger partial charge is 0.258 e. The van der Waals surface area contributed by atoms with Gasteiger partial charge in [-0.3, -0.25) is 0 Å². The van der Waals surface area contributed by atoms with E-state index in [9.17, 15) is 0 Å². The molecule has 0 aliphatic rings. The van der Waals surface area contributed by atoms with Gasteiger partial charge in [0.05, 0.1) is 0 Å². The standard InChI is InChI=1S/C10H13N3O/c1-4-10(3,5-2)14-9-8(11)12-6-7-13-9/h1,6-7H,5H2,2-3H3,(H2,11,12). The minimum Gasteiger partial charge on any atom is -0.456 e. The van der Waals surface area contributed by atoms with Gasteiger partial charge in [-0.15, -0.1) is 6.42 Å². The molecule has 1 rings (SSSR count). The molecule has 0 spiro atoms. The van der Waals surface area contributed by atoms with Crippen molar-refractivity contribution in [3.05, 3.63) is 12.4 Å². The fourth-order valence-corrected chi connectivity index (χ4v) is 0.832. The van der Waals surface area contributed by atoms with E-state index in [-0.39, 0.29) is 11.7 Å². The number of aromatic nitrogens is 2. The number of hydrogen-bond donors (Lipinski definition) is 1. The van der Waals surface area contributed by atoms with Crippen LogP contribution < -0.4 is 10.5 Å². The number of nitrogens with two attached hydrogens (primary N) is 1. The third-order valence-corrected chi connectivity index (χ3v) is 1.99. The Bertz CT molecular complexity index is 359. The Balaban J connectivity index is 2.89. The molecule has 4 heteroatoms. The summed E-state index contributed by atoms with van der Waals surface area (Å²) in [4.78, 5) is 7.81. The Kier molecular flexibility index (Phi) is 2.92. The fourth-order valence-electron chi connectivity index (χ4n) is 0.832. The first-order chi connectivity index (χ1) is 6.61. The zero-order chi connectivity index (χ0) is 10.6. The van der Waals surface area contributed by atoms with Crippen LogP contribution in [0.25, 0.3) is 0 Å². The van der Waals surface area contributed by atoms with E-state index in [0.29, 0.717) is 6.42 Å². The maximum atomic E-state index is 5.57. The molecule has 0 saturated carbocycles. The van der Waals surface area contributed by atoms with E-state index >= 15 is 0 Å². The average Bonchev–Trinajstić information content (AvgIpc) is 2.21. The Labute approximate surface area is 83.5 Å². The van der Waals surface area contributed by atoms with Crippen molar-refractivity contribution in [2.75, 3.05) is 5.73 Å². The summed E-state index contributed by atoms with van der Waals surface area (Å²) in [5.41, 5.74) is 4.89. The first kappa shape index (κ1) is 10.3. The molecule has 0 amide bonds. The lowest BCUT2D eigenvalue weighted by atomic mass is 10.1. The summed E-state index contributed by atoms with van der Waals surface area (Å²) < 4.78 is 5.50. The monoisotopic (exact) mass is 191 g/mol. The highest BCUT2D eigenvalue weighted by atomic mass is 16.5. The second-order valence-electron chi connectivity index (χ2n) is 3.08. The van der Waals surface area contributed by atoms with Crippen LogP contribution >= 0.6 is 0 Å². The van der Waals surface area contributed by atoms with Crippen LogP contribution in [-0.2, 0) is 0 Å². The van der Waals surface area contributed by atoms with E-state index in [1.807, 2.05) is 6.92 Å². The molecule has 1 heterocycles. The quantitative estimate of drug-likeness (QED) is 0.730. The van der Waals surface area contributed by atoms with Gasteiger partial charge in [-0.25, -0.2) is 9.97 Å². The van der Waals surface area contributed by atoms with Gasteiger partial charge in [-0.2, -0.15) is 0 Å². The summed E-state index contributed by atoms with van der Waals surface area (Å²) in [6.07, 6.45) is 9.05. The molecule has 1 aromatic heterocycles. The molecule has 2 N–H and O–H groups in total. The summed E-state index contributed by atoms with van der Waals surface area (Å²) >= 11 is 0. The molecule has 0 saturated heterocycles. The van der Waals surface area contributed by atoms with Crippen LogP contribution in [0.1, 0.15) is 20.3 Å². The van der Waals surface area contributed by atoms with Crippen LogP contribution in [0.5, 0.6) is 5.88 Å². The zero-order valence-corrected chi connectivity index (χ0v) is 8.32. The zero-order valence-electron chi connectivity index (χ0n) is 8.32. The van der Waals surface area contributed by atoms with Crippen LogP contribution in [0.2, 0.25) is 0 Å². The van der Waals surface area contributed by atoms with Crippen molar-refractivity contribution >= 4 is 5.82 Å². The van der Waals surface area contributed by atoms with E-state index in [0.717, 1.165) is 0 Å². The van der Waals surface area contributed by atoms with E-state index in [2.05, 4.69) is 15.9 Å². The first-order valence-corrected chi connectivity index (χ1v) is 4.34. The SMILES string of the molecule is C#CC(C)(CC)Oc1nccnc1N. The fraction of sp³-hybridized carbons (Fsp3) is 0.400. The van der Waals surface area contributed by atoms with Crippen molar-refractivity contribution in [3.8, 4) is 18.2 Å². The average molecular weight is 191 g/mol. The van der Waals surface area contributed by atoms with Crippen LogP contribution in [0, 0.1) is 12.3 Å². The van der Waals surface area contributed by atoms with Gasteiger partial charge in [0.2, 0.25) is 0 Å². The molecule has 0 radical (unpaired) electrons. The van der Waals surface area contributed by atoms with Crippen LogP contribution in [0.3, 0.4) is 0 Å². The largest absolute Gasteiger partial charge is 0.456 e. The minimum atomic E-state index is -0.676. The molecule has 1 aromatic rings. The lowest BCUT2D eigenvalue weighted by Gasteiger charge is -2.22. The molecule has 0 aliphatic carbocycles. The van der Waals surface area contributed by atoms with Crippen LogP contribution in [-0.4, -0.2) is 15.6 Å². The lowest BCUT2D eigenvalue weighted by molar-refractivity contribution is 0.140. The molecule has 74 valence electrons. The molecular formula is C10H13N3O. The molecule has 0 bridgehead atoms. The molecule has 0 aliphatic heterocycles. The van der Waals surface area contributed by atoms with Crippen LogP contribution in [0.4, 0.5) is 5.82 Å². The van der Waals surface area contributed by atoms with Crippen molar-refractivity contribution < 1.29 is 4.74 Å². The molecular weight excluding hydrogens is 178 g/mol. The summed E-state index contributed by atoms with van der Waals surface area (Å²) in [6.45, 7) is 3.74. The highest BCUT2D eigenvalue weighted by molar-refractivity contribution is 5.39. The lowest BCUT2D eigenvalue weighted by Crippen LogP contribution is -2.30. The van der Waals surface area contributed by atoms with Gasteiger partial charge in [0, 0.05) is 12.4 Å². The van der Waals surface area contributed by atoms with Crippen molar-refractivity contribution in [3.63, 3.8) is 0 Å². The Morgan fingerprint density at radius 1 is 1.57 bits per heavy atom. The van der Waals surface area contributed by atoms with Gasteiger partial charge in [-0.05, 0) is 13.3 Å². The summed E-state index contributed by atoms with van der Waals surface area (Å²) in [5, 5.41) is 0. The molecule has 4 nitrogen and oxygen atoms in total. The van der Waals surface area contributed by atoms with Gasteiger partial charge in [-0.1, -0.05) is 12.8 Å². The van der Waals surface area contributed by atoms with Gasteiger partial charge < -0.3 is 10.5 Å². The number of hydrogen-bond acceptors (Lipinski definition) is 4. The third kappa shape index (κ3) is 2.13. The van der Waals surface area contributed by atoms with E-state index in [4.69, 9.17) is 16.9 Å². The third-order valence-electron chi connectivity index (χ3n) is 1.99. The molecule has 0 aromatic carbocycles. The summed E-state index contributed by atoms with van der Waals surface area (Å²) in [5.74, 6) is 3.10. The second-order valence-corrected chi connectivity index (χ2v) is 3.08. The molecule has 0 fully saturated rings. The van der Waals surface area contributed by atoms with Gasteiger partial charge >= 0.3 is 0 Å². The van der Waals surface area contributed by atoms with E-state index in [1.54, 1.807) is 6.92 Å². The maximum absolute atomic E-state index is 5.57. The number of nitrogens with zero attached hydrogens (tertiary/aromatic N) is 2. The summed E-state index contributed by atoms with van der Waals surface area (Å²) in [7, 11) is 0. The Morgan fingerprint density at radius 2 is 2.21 bits per heavy atom. The molecule has 14 heavy (non-hydrogen) atoms. The van der Waals surface area contributed by atoms with Crippen molar-refractivity contribution in [1.82, 2.24) is 9.97 Å². The Morgan fingerprint density at radius 3 is 2.71 bits per heavy atom. The van der Waals surface area contributed by atoms with Crippen LogP contribution in [0.15, 0.2) is 12.4 Å². The predicted molar refractivity (Wildman–Crippen MR) is 54.6 cm³/mol. The first-order valence-electron chi connectivity index (χ1n) is 4.34. The van der Waals surface area contributed by atoms with Crippen molar-refractivity contribution in [2.24, 2.45) is 0 Å². The highest BCUT2D eigenvalue weighted by Gasteiger charge is 2.22. The summed E-state index contributed by atoms with van der Waals surface area (Å²) in [6, 6.07) is 0. The second kappa shape index (κ2) is 3.97. The number of terminal acetylenes is 1. The van der Waals surface area contributed by atoms with E-state index < -0.39 is 5.60 Å². The normalized spacial score (nSPS) is 14.1. The van der Waals surface area contributed by atoms with Crippen molar-refractivity contribution in [2.45, 2.75) is 25.9 Å². The number of ether oxygens (including phenoxy) is 1. The van der Waals surface area contributed by atoms with Gasteiger partial charge in [0.1, 0.15) is 0 Å². The van der Waals surface area contributed by atoms with Gasteiger partial charge in [0.15, 0.2) is 11.4 Å². The maximum Gasteiger partial charge on any atom is 0.258 e. The minimum absolute atomic E-state index is 0.252.